The summed E-state index contributed by atoms with van der Waals surface area (Å²) >= 11 is 1.59. The summed E-state index contributed by atoms with van der Waals surface area (Å²) in [5.74, 6) is 0.0336. The van der Waals surface area contributed by atoms with Gasteiger partial charge in [-0.05, 0) is 32.9 Å². The molecule has 1 aliphatic rings. The molecule has 0 saturated carbocycles. The number of aromatic nitrogens is 1. The van der Waals surface area contributed by atoms with Gasteiger partial charge in [-0.2, -0.15) is 0 Å². The van der Waals surface area contributed by atoms with Crippen LogP contribution >= 0.6 is 11.3 Å². The van der Waals surface area contributed by atoms with E-state index in [0.717, 1.165) is 36.5 Å². The quantitative estimate of drug-likeness (QED) is 0.881. The zero-order chi connectivity index (χ0) is 13.7. The number of thiazole rings is 1. The third kappa shape index (κ3) is 4.26. The Labute approximate surface area is 118 Å². The lowest BCUT2D eigenvalue weighted by Crippen LogP contribution is -2.36. The second-order valence-corrected chi connectivity index (χ2v) is 5.81. The van der Waals surface area contributed by atoms with Crippen LogP contribution in [0.1, 0.15) is 23.4 Å². The van der Waals surface area contributed by atoms with Gasteiger partial charge >= 0.3 is 0 Å². The first-order chi connectivity index (χ1) is 9.16. The first-order valence-electron chi connectivity index (χ1n) is 6.62. The summed E-state index contributed by atoms with van der Waals surface area (Å²) in [4.78, 5) is 19.0. The molecule has 0 radical (unpaired) electrons. The van der Waals surface area contributed by atoms with Crippen molar-refractivity contribution in [2.24, 2.45) is 0 Å². The highest BCUT2D eigenvalue weighted by Gasteiger charge is 2.17. The second kappa shape index (κ2) is 6.98. The highest BCUT2D eigenvalue weighted by atomic mass is 32.1. The molecule has 0 atom stereocenters. The fraction of sp³-hybridized carbons (Fsp3) is 0.692. The molecule has 1 aliphatic heterocycles. The van der Waals surface area contributed by atoms with Gasteiger partial charge in [0.1, 0.15) is 6.61 Å². The summed E-state index contributed by atoms with van der Waals surface area (Å²) in [6.45, 7) is 4.73. The maximum Gasteiger partial charge on any atom is 0.248 e. The fourth-order valence-electron chi connectivity index (χ4n) is 2.04. The topological polar surface area (TPSA) is 54.5 Å². The number of hydrogen-bond acceptors (Lipinski definition) is 5. The minimum Gasteiger partial charge on any atom is -0.368 e. The molecular weight excluding hydrogens is 262 g/mol. The zero-order valence-electron chi connectivity index (χ0n) is 11.5. The molecule has 0 spiro atoms. The van der Waals surface area contributed by atoms with Crippen LogP contribution in [-0.2, 0) is 16.1 Å². The van der Waals surface area contributed by atoms with Gasteiger partial charge in [-0.1, -0.05) is 0 Å². The molecule has 6 heteroatoms. The number of likely N-dealkylation sites (N-methyl/N-ethyl adjacent to an activating group) is 1. The second-order valence-electron chi connectivity index (χ2n) is 4.87. The lowest BCUT2D eigenvalue weighted by molar-refractivity contribution is -0.137. The van der Waals surface area contributed by atoms with E-state index in [1.807, 2.05) is 19.5 Å². The van der Waals surface area contributed by atoms with Crippen LogP contribution in [0.2, 0.25) is 0 Å². The Morgan fingerprint density at radius 3 is 2.95 bits per heavy atom. The summed E-state index contributed by atoms with van der Waals surface area (Å²) in [6.07, 6.45) is 2.21. The third-order valence-corrected chi connectivity index (χ3v) is 4.30. The molecule has 1 fully saturated rings. The number of aryl methyl sites for hydroxylation is 1. The van der Waals surface area contributed by atoms with E-state index in [9.17, 15) is 4.79 Å². The van der Waals surface area contributed by atoms with Gasteiger partial charge in [0, 0.05) is 11.9 Å². The van der Waals surface area contributed by atoms with Crippen LogP contribution in [0.3, 0.4) is 0 Å². The van der Waals surface area contributed by atoms with E-state index in [0.29, 0.717) is 6.54 Å². The van der Waals surface area contributed by atoms with E-state index in [1.165, 1.54) is 0 Å². The molecule has 5 nitrogen and oxygen atoms in total. The van der Waals surface area contributed by atoms with Gasteiger partial charge in [0.05, 0.1) is 23.9 Å². The predicted molar refractivity (Wildman–Crippen MR) is 75.2 cm³/mol. The van der Waals surface area contributed by atoms with Crippen LogP contribution in [-0.4, -0.2) is 48.6 Å². The van der Waals surface area contributed by atoms with Crippen molar-refractivity contribution in [2.75, 3.05) is 26.7 Å². The number of amides is 1. The van der Waals surface area contributed by atoms with Gasteiger partial charge in [0.15, 0.2) is 0 Å². The average molecular weight is 283 g/mol. The minimum absolute atomic E-state index is 0.0336. The third-order valence-electron chi connectivity index (χ3n) is 3.38. The van der Waals surface area contributed by atoms with Gasteiger partial charge in [-0.15, -0.1) is 11.3 Å². The molecule has 106 valence electrons. The summed E-state index contributed by atoms with van der Waals surface area (Å²) in [7, 11) is 1.81. The first-order valence-corrected chi connectivity index (χ1v) is 7.50. The number of ether oxygens (including phenoxy) is 1. The summed E-state index contributed by atoms with van der Waals surface area (Å²) in [6, 6.07) is 0. The lowest BCUT2D eigenvalue weighted by Gasteiger charge is -2.24. The first kappa shape index (κ1) is 14.4. The van der Waals surface area contributed by atoms with Crippen molar-refractivity contribution >= 4 is 17.2 Å². The fourth-order valence-corrected chi connectivity index (χ4v) is 2.87. The Morgan fingerprint density at radius 1 is 1.58 bits per heavy atom. The van der Waals surface area contributed by atoms with E-state index in [2.05, 4.69) is 10.3 Å². The maximum absolute atomic E-state index is 12.0. The van der Waals surface area contributed by atoms with Crippen molar-refractivity contribution in [1.82, 2.24) is 15.2 Å². The monoisotopic (exact) mass is 283 g/mol. The van der Waals surface area contributed by atoms with Crippen molar-refractivity contribution in [1.29, 1.82) is 0 Å². The van der Waals surface area contributed by atoms with Gasteiger partial charge in [-0.3, -0.25) is 4.79 Å². The minimum atomic E-state index is 0.0336. The number of hydrogen-bond donors (Lipinski definition) is 1. The van der Waals surface area contributed by atoms with Crippen LogP contribution in [0.15, 0.2) is 5.51 Å². The molecule has 1 N–H and O–H groups in total. The Balaban J connectivity index is 1.74. The average Bonchev–Trinajstić information content (AvgIpc) is 2.82. The summed E-state index contributed by atoms with van der Waals surface area (Å²) in [5.41, 5.74) is 2.82. The van der Waals surface area contributed by atoms with Crippen molar-refractivity contribution in [2.45, 2.75) is 32.4 Å². The van der Waals surface area contributed by atoms with Crippen LogP contribution < -0.4 is 5.32 Å². The molecular formula is C13H21N3O2S. The highest BCUT2D eigenvalue weighted by molar-refractivity contribution is 7.09. The molecule has 1 aromatic heterocycles. The molecule has 2 rings (SSSR count). The number of carbonyl (C=O) groups is 1. The number of piperidine rings is 1. The summed E-state index contributed by atoms with van der Waals surface area (Å²) < 4.78 is 5.67. The SMILES string of the molecule is Cc1ncsc1CN(C)C(=O)COC1CCNCC1. The molecule has 1 aromatic rings. The molecule has 1 saturated heterocycles. The van der Waals surface area contributed by atoms with E-state index in [4.69, 9.17) is 4.74 Å². The molecule has 19 heavy (non-hydrogen) atoms. The lowest BCUT2D eigenvalue weighted by atomic mass is 10.1. The Bertz CT molecular complexity index is 416. The molecule has 0 unspecified atom stereocenters. The van der Waals surface area contributed by atoms with Gasteiger partial charge in [0.25, 0.3) is 0 Å². The van der Waals surface area contributed by atoms with E-state index < -0.39 is 0 Å². The molecule has 0 aliphatic carbocycles. The van der Waals surface area contributed by atoms with Crippen molar-refractivity contribution in [3.05, 3.63) is 16.1 Å². The van der Waals surface area contributed by atoms with Crippen LogP contribution in [0.4, 0.5) is 0 Å². The number of carbonyl (C=O) groups excluding carboxylic acids is 1. The van der Waals surface area contributed by atoms with Crippen LogP contribution in [0, 0.1) is 6.92 Å². The molecule has 1 amide bonds. The zero-order valence-corrected chi connectivity index (χ0v) is 12.3. The number of nitrogens with zero attached hydrogens (tertiary/aromatic N) is 2. The van der Waals surface area contributed by atoms with Crippen molar-refractivity contribution in [3.8, 4) is 0 Å². The van der Waals surface area contributed by atoms with Gasteiger partial charge in [0.2, 0.25) is 5.91 Å². The molecule has 0 aromatic carbocycles. The largest absolute Gasteiger partial charge is 0.368 e. The van der Waals surface area contributed by atoms with Crippen molar-refractivity contribution < 1.29 is 9.53 Å². The van der Waals surface area contributed by atoms with E-state index in [-0.39, 0.29) is 18.6 Å². The molecule has 0 bridgehead atoms. The van der Waals surface area contributed by atoms with Gasteiger partial charge in [-0.25, -0.2) is 4.98 Å². The van der Waals surface area contributed by atoms with E-state index in [1.54, 1.807) is 16.2 Å². The summed E-state index contributed by atoms with van der Waals surface area (Å²) in [5, 5.41) is 3.28. The Hall–Kier alpha value is -0.980. The standard InChI is InChI=1S/C13H21N3O2S/c1-10-12(19-9-15-10)7-16(2)13(17)8-18-11-3-5-14-6-4-11/h9,11,14H,3-8H2,1-2H3. The smallest absolute Gasteiger partial charge is 0.248 e. The highest BCUT2D eigenvalue weighted by Crippen LogP contribution is 2.14. The number of rotatable bonds is 5. The van der Waals surface area contributed by atoms with Gasteiger partial charge < -0.3 is 15.0 Å². The van der Waals surface area contributed by atoms with Crippen molar-refractivity contribution in [3.63, 3.8) is 0 Å². The maximum atomic E-state index is 12.0. The van der Waals surface area contributed by atoms with Crippen LogP contribution in [0.5, 0.6) is 0 Å². The Morgan fingerprint density at radius 2 is 2.32 bits per heavy atom. The predicted octanol–water partition coefficient (Wildman–Crippen LogP) is 1.18. The normalized spacial score (nSPS) is 16.5. The van der Waals surface area contributed by atoms with Crippen LogP contribution in [0.25, 0.3) is 0 Å². The number of nitrogens with one attached hydrogen (secondary N) is 1. The Kier molecular flexibility index (Phi) is 5.30. The van der Waals surface area contributed by atoms with E-state index >= 15 is 0 Å². The molecule has 2 heterocycles.